The van der Waals surface area contributed by atoms with Gasteiger partial charge >= 0.3 is 18.5 Å². The molecule has 6 aromatic rings. The van der Waals surface area contributed by atoms with Gasteiger partial charge < -0.3 is 59.1 Å². The number of halogens is 9. The van der Waals surface area contributed by atoms with Crippen molar-refractivity contribution in [1.29, 1.82) is 0 Å². The van der Waals surface area contributed by atoms with Crippen LogP contribution in [0.25, 0.3) is 0 Å². The molecule has 6 aromatic carbocycles. The average molecular weight is 1310 g/mol. The van der Waals surface area contributed by atoms with Crippen molar-refractivity contribution in [3.05, 3.63) is 176 Å². The van der Waals surface area contributed by atoms with Crippen molar-refractivity contribution in [2.45, 2.75) is 99.7 Å². The number of benzene rings is 6. The highest BCUT2D eigenvalue weighted by molar-refractivity contribution is 6.06. The molecule has 0 saturated carbocycles. The molecule has 27 heteroatoms. The van der Waals surface area contributed by atoms with Gasteiger partial charge in [-0.2, -0.15) is 39.5 Å². The van der Waals surface area contributed by atoms with E-state index in [9.17, 15) is 68.3 Å². The number of likely N-dealkylation sites (N-methyl/N-ethyl adjacent to an activating group) is 3. The van der Waals surface area contributed by atoms with Crippen LogP contribution >= 0.6 is 0 Å². The van der Waals surface area contributed by atoms with Crippen LogP contribution in [0, 0.1) is 0 Å². The highest BCUT2D eigenvalue weighted by Crippen LogP contribution is 2.37. The molecule has 0 spiro atoms. The van der Waals surface area contributed by atoms with Gasteiger partial charge in [-0.1, -0.05) is 0 Å². The molecule has 6 bridgehead atoms. The number of rotatable bonds is 21. The molecule has 18 nitrogen and oxygen atoms in total. The van der Waals surface area contributed by atoms with E-state index in [4.69, 9.17) is 28.4 Å². The first-order valence-corrected chi connectivity index (χ1v) is 29.6. The third-order valence-corrected chi connectivity index (χ3v) is 14.8. The summed E-state index contributed by atoms with van der Waals surface area (Å²) in [6, 6.07) is 19.0. The van der Waals surface area contributed by atoms with Crippen LogP contribution in [0.5, 0.6) is 17.2 Å². The molecular weight excluding hydrogens is 1240 g/mol. The molecule has 0 radical (unpaired) electrons. The number of alkyl halides is 9. The van der Waals surface area contributed by atoms with Crippen molar-refractivity contribution in [3.63, 3.8) is 0 Å². The van der Waals surface area contributed by atoms with Gasteiger partial charge in [0.15, 0.2) is 19.8 Å². The smallest absolute Gasteiger partial charge is 0.416 e. The van der Waals surface area contributed by atoms with Crippen LogP contribution in [0.3, 0.4) is 0 Å². The van der Waals surface area contributed by atoms with E-state index < -0.39 is 130 Å². The van der Waals surface area contributed by atoms with E-state index in [1.165, 1.54) is 51.1 Å². The van der Waals surface area contributed by atoms with Crippen LogP contribution in [0.4, 0.5) is 56.6 Å². The van der Waals surface area contributed by atoms with Crippen molar-refractivity contribution in [2.24, 2.45) is 0 Å². The Kier molecular flexibility index (Phi) is 24.4. The second-order valence-corrected chi connectivity index (χ2v) is 21.0. The molecule has 3 N–H and O–H groups in total. The Morgan fingerprint density at radius 1 is 0.355 bits per heavy atom. The van der Waals surface area contributed by atoms with E-state index in [0.29, 0.717) is 39.3 Å². The zero-order chi connectivity index (χ0) is 67.8. The zero-order valence-corrected chi connectivity index (χ0v) is 51.6. The lowest BCUT2D eigenvalue weighted by molar-refractivity contribution is -0.138. The van der Waals surface area contributed by atoms with Gasteiger partial charge in [-0.15, -0.1) is 0 Å². The summed E-state index contributed by atoms with van der Waals surface area (Å²) in [6.45, 7) is 7.67. The summed E-state index contributed by atoms with van der Waals surface area (Å²) in [5, 5.41) is 7.77. The molecule has 0 aromatic heterocycles. The van der Waals surface area contributed by atoms with Gasteiger partial charge in [-0.3, -0.25) is 28.8 Å². The summed E-state index contributed by atoms with van der Waals surface area (Å²) in [5.41, 5.74) is -2.93. The second-order valence-electron chi connectivity index (χ2n) is 21.0. The Morgan fingerprint density at radius 3 is 0.720 bits per heavy atom. The van der Waals surface area contributed by atoms with Gasteiger partial charge in [0, 0.05) is 106 Å². The molecule has 1 aliphatic rings. The summed E-state index contributed by atoms with van der Waals surface area (Å²) in [4.78, 5) is 88.6. The van der Waals surface area contributed by atoms with Gasteiger partial charge in [0.05, 0.1) is 56.3 Å². The van der Waals surface area contributed by atoms with Crippen molar-refractivity contribution >= 4 is 52.5 Å². The summed E-state index contributed by atoms with van der Waals surface area (Å²) < 4.78 is 161. The molecular formula is C66H69F9N6O12. The molecule has 1 heterocycles. The average Bonchev–Trinajstić information content (AvgIpc) is 0.827. The van der Waals surface area contributed by atoms with Crippen molar-refractivity contribution in [1.82, 2.24) is 14.7 Å². The lowest BCUT2D eigenvalue weighted by atomic mass is 10.0. The highest BCUT2D eigenvalue weighted by atomic mass is 19.4. The van der Waals surface area contributed by atoms with Crippen LogP contribution < -0.4 is 30.2 Å². The van der Waals surface area contributed by atoms with E-state index in [-0.39, 0.29) is 84.4 Å². The number of nitrogens with one attached hydrogen (secondary N) is 3. The number of carbonyl (C=O) groups excluding carboxylic acids is 6. The lowest BCUT2D eigenvalue weighted by Gasteiger charge is -2.24. The molecule has 0 unspecified atom stereocenters. The molecule has 0 fully saturated rings. The third kappa shape index (κ3) is 19.2. The topological polar surface area (TPSA) is 204 Å². The van der Waals surface area contributed by atoms with Gasteiger partial charge in [-0.25, -0.2) is 0 Å². The van der Waals surface area contributed by atoms with Crippen LogP contribution in [-0.2, 0) is 86.8 Å². The number of nitrogens with zero attached hydrogens (tertiary/aromatic N) is 3. The fourth-order valence-electron chi connectivity index (χ4n) is 9.91. The number of anilines is 3. The van der Waals surface area contributed by atoms with Gasteiger partial charge in [0.1, 0.15) is 17.2 Å². The Balaban J connectivity index is 1.45. The van der Waals surface area contributed by atoms with E-state index in [2.05, 4.69) is 16.0 Å². The maximum Gasteiger partial charge on any atom is 0.416 e. The maximum atomic E-state index is 14.4. The number of carbonyl (C=O) groups is 6. The molecule has 93 heavy (non-hydrogen) atoms. The Morgan fingerprint density at radius 2 is 0.548 bits per heavy atom. The Labute approximate surface area is 530 Å². The number of hydrogen-bond donors (Lipinski definition) is 3. The van der Waals surface area contributed by atoms with Crippen molar-refractivity contribution < 1.29 is 96.7 Å². The van der Waals surface area contributed by atoms with E-state index in [0.717, 1.165) is 72.8 Å². The normalized spacial score (nSPS) is 12.9. The second kappa shape index (κ2) is 31.9. The predicted molar refractivity (Wildman–Crippen MR) is 323 cm³/mol. The first kappa shape index (κ1) is 71.2. The van der Waals surface area contributed by atoms with E-state index in [1.54, 1.807) is 41.5 Å². The summed E-state index contributed by atoms with van der Waals surface area (Å²) in [7, 11) is 0. The summed E-state index contributed by atoms with van der Waals surface area (Å²) in [6.07, 6.45) is -14.1. The molecule has 498 valence electrons. The zero-order valence-electron chi connectivity index (χ0n) is 51.6. The van der Waals surface area contributed by atoms with Crippen LogP contribution in [0.2, 0.25) is 0 Å². The van der Waals surface area contributed by atoms with Gasteiger partial charge in [0.2, 0.25) is 0 Å². The predicted octanol–water partition coefficient (Wildman–Crippen LogP) is 12.7. The maximum absolute atomic E-state index is 14.4. The van der Waals surface area contributed by atoms with E-state index >= 15 is 0 Å². The summed E-state index contributed by atoms with van der Waals surface area (Å²) >= 11 is 0. The third-order valence-electron chi connectivity index (χ3n) is 14.8. The number of hydrogen-bond acceptors (Lipinski definition) is 12. The van der Waals surface area contributed by atoms with Crippen molar-refractivity contribution in [3.8, 4) is 17.2 Å². The van der Waals surface area contributed by atoms with Crippen LogP contribution in [0.1, 0.15) is 123 Å². The minimum Gasteiger partial charge on any atom is -0.483 e. The summed E-state index contributed by atoms with van der Waals surface area (Å²) in [5.74, 6) is -4.06. The first-order valence-electron chi connectivity index (χ1n) is 29.6. The lowest BCUT2D eigenvalue weighted by Crippen LogP contribution is -2.34. The molecule has 0 saturated heterocycles. The molecule has 6 amide bonds. The standard InChI is InChI=1S/C66H69F9N6O12/c1-7-79(8-2)55(82)37-91-58-43-25-40(61(85)76-52-19-13-49(14-20-52)64(67,68)69)26-44(58)32-89-34-46-28-42(63(87)78-54-23-17-51(18-24-54)66(73,74)75)30-48(60(46)93-39-57(84)81(11-5)12-6)36-90-35-47-29-41(62(86)77-53-21-15-50(16-22-53)65(70,71)72)27-45(33-88-31-43)59(47)92-38-56(83)80(9-3)10-4/h13-30H,7-12,31-39H2,1-6H3,(H,76,85)(H,77,86)(H,78,87). The fourth-order valence-corrected chi connectivity index (χ4v) is 9.91. The Hall–Kier alpha value is -9.21. The molecule has 0 aliphatic carbocycles. The van der Waals surface area contributed by atoms with E-state index in [1.807, 2.05) is 0 Å². The van der Waals surface area contributed by atoms with Gasteiger partial charge in [0.25, 0.3) is 35.4 Å². The largest absolute Gasteiger partial charge is 0.483 e. The monoisotopic (exact) mass is 1310 g/mol. The minimum atomic E-state index is -4.69. The molecule has 1 aliphatic heterocycles. The van der Waals surface area contributed by atoms with Crippen LogP contribution in [0.15, 0.2) is 109 Å². The first-order chi connectivity index (χ1) is 44.2. The van der Waals surface area contributed by atoms with Crippen molar-refractivity contribution in [2.75, 3.05) is 75.0 Å². The Bertz CT molecular complexity index is 3160. The molecule has 0 atom stereocenters. The highest BCUT2D eigenvalue weighted by Gasteiger charge is 2.33. The molecule has 7 rings (SSSR count). The number of fused-ring (bicyclic) bond motifs is 6. The minimum absolute atomic E-state index is 0.0331. The van der Waals surface area contributed by atoms with Gasteiger partial charge in [-0.05, 0) is 151 Å². The number of amides is 6. The fraction of sp³-hybridized carbons (Fsp3) is 0.364. The van der Waals surface area contributed by atoms with Crippen LogP contribution in [-0.4, -0.2) is 109 Å². The quantitative estimate of drug-likeness (QED) is 0.0576. The SMILES string of the molecule is CCN(CC)C(=O)COc1c2cc(C(=O)Nc3ccc(C(F)(F)F)cc3)cc1COCc1cc(C(=O)Nc3ccc(C(F)(F)F)cc3)cc(c1OCC(=O)N(CC)CC)COCc1cc(C(=O)Nc3ccc(C(F)(F)F)cc3)cc(c1OCC(=O)N(CC)CC)COC2. The number of ether oxygens (including phenoxy) is 6.